The van der Waals surface area contributed by atoms with E-state index in [0.29, 0.717) is 0 Å². The molecule has 0 bridgehead atoms. The maximum absolute atomic E-state index is 12.7. The third-order valence-corrected chi connectivity index (χ3v) is 4.31. The van der Waals surface area contributed by atoms with Crippen molar-refractivity contribution in [3.63, 3.8) is 0 Å². The average molecular weight is 348 g/mol. The van der Waals surface area contributed by atoms with Crippen LogP contribution in [0.4, 0.5) is 0 Å². The zero-order valence-electron chi connectivity index (χ0n) is 13.6. The van der Waals surface area contributed by atoms with E-state index in [1.807, 2.05) is 31.2 Å². The number of benzene rings is 1. The summed E-state index contributed by atoms with van der Waals surface area (Å²) in [6.45, 7) is 1.50. The van der Waals surface area contributed by atoms with Crippen LogP contribution < -0.4 is 11.2 Å². The minimum Gasteiger partial charge on any atom is -0.394 e. The van der Waals surface area contributed by atoms with E-state index in [1.54, 1.807) is 0 Å². The van der Waals surface area contributed by atoms with Crippen molar-refractivity contribution in [1.29, 1.82) is 0 Å². The maximum atomic E-state index is 12.7. The first-order valence-corrected chi connectivity index (χ1v) is 7.92. The quantitative estimate of drug-likeness (QED) is 0.652. The molecule has 1 aromatic heterocycles. The van der Waals surface area contributed by atoms with Gasteiger partial charge in [0.2, 0.25) is 0 Å². The summed E-state index contributed by atoms with van der Waals surface area (Å²) in [6, 6.07) is 8.63. The number of nitrogens with zero attached hydrogens (tertiary/aromatic N) is 2. The highest BCUT2D eigenvalue weighted by Gasteiger charge is 2.43. The summed E-state index contributed by atoms with van der Waals surface area (Å²) in [5.74, 6) is 0. The fourth-order valence-corrected chi connectivity index (χ4v) is 2.97. The molecule has 2 heterocycles. The van der Waals surface area contributed by atoms with Gasteiger partial charge in [0, 0.05) is 12.3 Å². The van der Waals surface area contributed by atoms with Gasteiger partial charge in [-0.2, -0.15) is 0 Å². The van der Waals surface area contributed by atoms with Gasteiger partial charge in [0.1, 0.15) is 18.3 Å². The summed E-state index contributed by atoms with van der Waals surface area (Å²) in [7, 11) is 0. The molecular weight excluding hydrogens is 328 g/mol. The fraction of sp³-hybridized carbons (Fsp3) is 0.412. The van der Waals surface area contributed by atoms with Crippen LogP contribution in [0.1, 0.15) is 17.4 Å². The molecule has 134 valence electrons. The third-order valence-electron chi connectivity index (χ3n) is 4.31. The molecule has 3 N–H and O–H groups in total. The Labute approximate surface area is 143 Å². The van der Waals surface area contributed by atoms with Crippen molar-refractivity contribution in [2.45, 2.75) is 38.0 Å². The lowest BCUT2D eigenvalue weighted by molar-refractivity contribution is -0.0555. The number of aliphatic hydroxyl groups excluding tert-OH is 3. The monoisotopic (exact) mass is 348 g/mol. The highest BCUT2D eigenvalue weighted by atomic mass is 16.6. The molecule has 1 aliphatic rings. The van der Waals surface area contributed by atoms with Gasteiger partial charge in [-0.05, 0) is 12.5 Å². The van der Waals surface area contributed by atoms with Crippen LogP contribution in [-0.2, 0) is 11.3 Å². The van der Waals surface area contributed by atoms with Crippen molar-refractivity contribution in [3.05, 3.63) is 68.5 Å². The summed E-state index contributed by atoms with van der Waals surface area (Å²) >= 11 is 0. The van der Waals surface area contributed by atoms with Gasteiger partial charge in [0.05, 0.1) is 13.2 Å². The molecule has 1 aliphatic heterocycles. The molecule has 0 spiro atoms. The molecule has 4 unspecified atom stereocenters. The van der Waals surface area contributed by atoms with Crippen molar-refractivity contribution in [1.82, 2.24) is 9.13 Å². The molecule has 0 aliphatic carbocycles. The Morgan fingerprint density at radius 1 is 1.16 bits per heavy atom. The molecule has 2 aromatic rings. The smallest absolute Gasteiger partial charge is 0.333 e. The molecule has 3 rings (SSSR count). The summed E-state index contributed by atoms with van der Waals surface area (Å²) in [6.07, 6.45) is -3.66. The lowest BCUT2D eigenvalue weighted by Gasteiger charge is -2.18. The van der Waals surface area contributed by atoms with Crippen molar-refractivity contribution >= 4 is 0 Å². The second-order valence-corrected chi connectivity index (χ2v) is 6.15. The minimum absolute atomic E-state index is 0.0784. The van der Waals surface area contributed by atoms with Gasteiger partial charge in [-0.25, -0.2) is 4.79 Å². The van der Waals surface area contributed by atoms with Gasteiger partial charge >= 0.3 is 5.69 Å². The standard InChI is InChI=1S/C17H20N2O6/c1-10-3-2-4-11(7-10)8-19-13(21)5-6-18(17(19)24)16-15(23)14(22)12(9-20)25-16/h2-7,12,14-16,20,22-23H,8-9H2,1H3. The zero-order valence-corrected chi connectivity index (χ0v) is 13.6. The maximum Gasteiger partial charge on any atom is 0.333 e. The summed E-state index contributed by atoms with van der Waals surface area (Å²) in [5, 5.41) is 29.1. The Kier molecular flexibility index (Phi) is 4.87. The van der Waals surface area contributed by atoms with E-state index in [-0.39, 0.29) is 6.54 Å². The lowest BCUT2D eigenvalue weighted by Crippen LogP contribution is -2.43. The molecule has 0 saturated carbocycles. The molecule has 25 heavy (non-hydrogen) atoms. The highest BCUT2D eigenvalue weighted by molar-refractivity contribution is 5.22. The van der Waals surface area contributed by atoms with Crippen LogP contribution in [-0.4, -0.2) is 49.4 Å². The largest absolute Gasteiger partial charge is 0.394 e. The molecular formula is C17H20N2O6. The number of aliphatic hydroxyl groups is 3. The van der Waals surface area contributed by atoms with Crippen LogP contribution in [0.25, 0.3) is 0 Å². The predicted molar refractivity (Wildman–Crippen MR) is 88.3 cm³/mol. The van der Waals surface area contributed by atoms with E-state index in [2.05, 4.69) is 0 Å². The van der Waals surface area contributed by atoms with Gasteiger partial charge in [-0.15, -0.1) is 0 Å². The Morgan fingerprint density at radius 2 is 1.92 bits per heavy atom. The Morgan fingerprint density at radius 3 is 2.56 bits per heavy atom. The number of rotatable bonds is 4. The van der Waals surface area contributed by atoms with Crippen molar-refractivity contribution < 1.29 is 20.1 Å². The van der Waals surface area contributed by atoms with Gasteiger partial charge in [0.25, 0.3) is 5.56 Å². The normalized spacial score (nSPS) is 26.1. The van der Waals surface area contributed by atoms with E-state index < -0.39 is 42.4 Å². The predicted octanol–water partition coefficient (Wildman–Crippen LogP) is -1.02. The van der Waals surface area contributed by atoms with Crippen molar-refractivity contribution in [2.24, 2.45) is 0 Å². The Hall–Kier alpha value is -2.26. The average Bonchev–Trinajstić information content (AvgIpc) is 2.87. The van der Waals surface area contributed by atoms with Crippen LogP contribution in [0.15, 0.2) is 46.1 Å². The number of aryl methyl sites for hydroxylation is 1. The molecule has 8 nitrogen and oxygen atoms in total. The van der Waals surface area contributed by atoms with E-state index in [1.165, 1.54) is 12.3 Å². The minimum atomic E-state index is -1.39. The second kappa shape index (κ2) is 6.93. The van der Waals surface area contributed by atoms with E-state index in [4.69, 9.17) is 9.84 Å². The summed E-state index contributed by atoms with van der Waals surface area (Å²) < 4.78 is 7.45. The highest BCUT2D eigenvalue weighted by Crippen LogP contribution is 2.27. The summed E-state index contributed by atoms with van der Waals surface area (Å²) in [5.41, 5.74) is 0.654. The Bertz CT molecular complexity index is 874. The third kappa shape index (κ3) is 3.29. The van der Waals surface area contributed by atoms with Crippen LogP contribution in [0.3, 0.4) is 0 Å². The SMILES string of the molecule is Cc1cccc(Cn2c(=O)ccn(C3OC(CO)C(O)C3O)c2=O)c1. The topological polar surface area (TPSA) is 114 Å². The number of hydrogen-bond acceptors (Lipinski definition) is 6. The number of aromatic nitrogens is 2. The fourth-order valence-electron chi connectivity index (χ4n) is 2.97. The molecule has 0 radical (unpaired) electrons. The second-order valence-electron chi connectivity index (χ2n) is 6.15. The molecule has 1 aromatic carbocycles. The molecule has 8 heteroatoms. The van der Waals surface area contributed by atoms with Crippen molar-refractivity contribution in [2.75, 3.05) is 6.61 Å². The van der Waals surface area contributed by atoms with Crippen LogP contribution in [0.2, 0.25) is 0 Å². The number of ether oxygens (including phenoxy) is 1. The Balaban J connectivity index is 1.98. The summed E-state index contributed by atoms with van der Waals surface area (Å²) in [4.78, 5) is 24.8. The van der Waals surface area contributed by atoms with Crippen LogP contribution in [0.5, 0.6) is 0 Å². The van der Waals surface area contributed by atoms with Crippen molar-refractivity contribution in [3.8, 4) is 0 Å². The van der Waals surface area contributed by atoms with Gasteiger partial charge in [-0.3, -0.25) is 13.9 Å². The first kappa shape index (κ1) is 17.6. The molecule has 1 saturated heterocycles. The van der Waals surface area contributed by atoms with Gasteiger partial charge in [0.15, 0.2) is 6.23 Å². The van der Waals surface area contributed by atoms with Crippen LogP contribution in [0, 0.1) is 6.92 Å². The van der Waals surface area contributed by atoms with E-state index in [0.717, 1.165) is 20.3 Å². The zero-order chi connectivity index (χ0) is 18.1. The first-order valence-electron chi connectivity index (χ1n) is 7.92. The molecule has 4 atom stereocenters. The van der Waals surface area contributed by atoms with Gasteiger partial charge in [-0.1, -0.05) is 29.8 Å². The molecule has 0 amide bonds. The lowest BCUT2D eigenvalue weighted by atomic mass is 10.1. The first-order chi connectivity index (χ1) is 11.9. The molecule has 1 fully saturated rings. The van der Waals surface area contributed by atoms with E-state index >= 15 is 0 Å². The van der Waals surface area contributed by atoms with Gasteiger partial charge < -0.3 is 20.1 Å². The van der Waals surface area contributed by atoms with Crippen LogP contribution >= 0.6 is 0 Å². The van der Waals surface area contributed by atoms with E-state index in [9.17, 15) is 19.8 Å². The number of hydrogen-bond donors (Lipinski definition) is 3.